The molecule has 2 heterocycles. The number of carbonyl (C=O) groups excluding carboxylic acids is 1. The lowest BCUT2D eigenvalue weighted by molar-refractivity contribution is 0.102. The fraction of sp³-hybridized carbons (Fsp3) is 0.381. The van der Waals surface area contributed by atoms with Crippen LogP contribution in [0.1, 0.15) is 10.4 Å². The highest BCUT2D eigenvalue weighted by molar-refractivity contribution is 9.10. The van der Waals surface area contributed by atoms with E-state index >= 15 is 0 Å². The molecule has 29 heavy (non-hydrogen) atoms. The lowest BCUT2D eigenvalue weighted by atomic mass is 10.1. The summed E-state index contributed by atoms with van der Waals surface area (Å²) in [6.45, 7) is 5.81. The fourth-order valence-corrected chi connectivity index (χ4v) is 3.93. The van der Waals surface area contributed by atoms with Crippen molar-refractivity contribution in [1.82, 2.24) is 0 Å². The van der Waals surface area contributed by atoms with Gasteiger partial charge in [-0.15, -0.1) is 0 Å². The quantitative estimate of drug-likeness (QED) is 0.751. The molecule has 0 aromatic heterocycles. The van der Waals surface area contributed by atoms with Crippen LogP contribution in [0.3, 0.4) is 0 Å². The Morgan fingerprint density at radius 3 is 2.28 bits per heavy atom. The average molecular weight is 464 g/mol. The molecule has 2 aromatic rings. The van der Waals surface area contributed by atoms with Gasteiger partial charge >= 0.3 is 0 Å². The van der Waals surface area contributed by atoms with Crippen LogP contribution in [0.2, 0.25) is 0 Å². The number of morpholine rings is 2. The minimum Gasteiger partial charge on any atom is -0.378 e. The highest BCUT2D eigenvalue weighted by atomic mass is 79.9. The number of nitrogens with zero attached hydrogens (tertiary/aromatic N) is 2. The smallest absolute Gasteiger partial charge is 0.258 e. The Bertz CT molecular complexity index is 883. The molecular formula is C21H23BrFN3O3. The number of halogens is 2. The van der Waals surface area contributed by atoms with Crippen molar-refractivity contribution in [2.24, 2.45) is 0 Å². The molecule has 2 aromatic carbocycles. The van der Waals surface area contributed by atoms with Gasteiger partial charge in [-0.05, 0) is 36.4 Å². The summed E-state index contributed by atoms with van der Waals surface area (Å²) in [5.41, 5.74) is 2.67. The van der Waals surface area contributed by atoms with Gasteiger partial charge in [-0.25, -0.2) is 4.39 Å². The van der Waals surface area contributed by atoms with Crippen LogP contribution < -0.4 is 15.1 Å². The summed E-state index contributed by atoms with van der Waals surface area (Å²) in [5, 5.41) is 2.90. The minimum atomic E-state index is -0.552. The monoisotopic (exact) mass is 463 g/mol. The Labute approximate surface area is 177 Å². The number of ether oxygens (including phenoxy) is 2. The number of nitrogens with one attached hydrogen (secondary N) is 1. The lowest BCUT2D eigenvalue weighted by Gasteiger charge is -2.33. The van der Waals surface area contributed by atoms with Crippen molar-refractivity contribution >= 4 is 38.9 Å². The van der Waals surface area contributed by atoms with E-state index in [0.29, 0.717) is 36.6 Å². The van der Waals surface area contributed by atoms with Crippen LogP contribution in [0.25, 0.3) is 0 Å². The first kappa shape index (κ1) is 20.1. The zero-order valence-corrected chi connectivity index (χ0v) is 17.6. The first-order valence-corrected chi connectivity index (χ1v) is 10.5. The molecule has 8 heteroatoms. The van der Waals surface area contributed by atoms with Crippen LogP contribution in [0, 0.1) is 5.82 Å². The molecule has 0 spiro atoms. The van der Waals surface area contributed by atoms with Crippen molar-refractivity contribution in [3.63, 3.8) is 0 Å². The number of amides is 1. The van der Waals surface area contributed by atoms with Gasteiger partial charge in [-0.3, -0.25) is 4.79 Å². The van der Waals surface area contributed by atoms with Crippen LogP contribution in [0.5, 0.6) is 0 Å². The number of anilines is 3. The maximum atomic E-state index is 14.2. The second-order valence-electron chi connectivity index (χ2n) is 6.98. The number of hydrogen-bond acceptors (Lipinski definition) is 5. The van der Waals surface area contributed by atoms with E-state index in [2.05, 4.69) is 37.1 Å². The van der Waals surface area contributed by atoms with E-state index in [1.807, 2.05) is 12.1 Å². The largest absolute Gasteiger partial charge is 0.378 e. The fourth-order valence-electron chi connectivity index (χ4n) is 3.57. The molecule has 2 aliphatic rings. The van der Waals surface area contributed by atoms with Crippen LogP contribution in [0.15, 0.2) is 40.9 Å². The first-order chi connectivity index (χ1) is 14.1. The van der Waals surface area contributed by atoms with Gasteiger partial charge in [0, 0.05) is 36.3 Å². The van der Waals surface area contributed by atoms with Crippen molar-refractivity contribution in [2.45, 2.75) is 0 Å². The number of benzene rings is 2. The average Bonchev–Trinajstić information content (AvgIpc) is 2.77. The van der Waals surface area contributed by atoms with Crippen LogP contribution >= 0.6 is 15.9 Å². The second kappa shape index (κ2) is 9.11. The van der Waals surface area contributed by atoms with Crippen molar-refractivity contribution in [3.05, 3.63) is 52.3 Å². The van der Waals surface area contributed by atoms with E-state index in [4.69, 9.17) is 9.47 Å². The maximum Gasteiger partial charge on any atom is 0.258 e. The molecule has 2 fully saturated rings. The summed E-state index contributed by atoms with van der Waals surface area (Å²) in [4.78, 5) is 17.2. The zero-order chi connectivity index (χ0) is 20.2. The molecule has 0 saturated carbocycles. The molecule has 0 radical (unpaired) electrons. The van der Waals surface area contributed by atoms with Gasteiger partial charge in [0.2, 0.25) is 0 Å². The summed E-state index contributed by atoms with van der Waals surface area (Å²) < 4.78 is 25.7. The van der Waals surface area contributed by atoms with Crippen molar-refractivity contribution < 1.29 is 18.7 Å². The Balaban J connectivity index is 1.64. The zero-order valence-electron chi connectivity index (χ0n) is 16.0. The predicted octanol–water partition coefficient (Wildman–Crippen LogP) is 3.51. The van der Waals surface area contributed by atoms with Gasteiger partial charge in [-0.2, -0.15) is 0 Å². The normalized spacial score (nSPS) is 17.3. The number of carbonyl (C=O) groups is 1. The Kier molecular flexibility index (Phi) is 6.32. The number of rotatable bonds is 4. The molecular weight excluding hydrogens is 441 g/mol. The molecule has 4 rings (SSSR count). The Morgan fingerprint density at radius 1 is 0.931 bits per heavy atom. The molecule has 154 valence electrons. The third-order valence-corrected chi connectivity index (χ3v) is 5.62. The van der Waals surface area contributed by atoms with Gasteiger partial charge < -0.3 is 24.6 Å². The van der Waals surface area contributed by atoms with Crippen molar-refractivity contribution in [3.8, 4) is 0 Å². The van der Waals surface area contributed by atoms with E-state index in [1.54, 1.807) is 6.07 Å². The molecule has 1 amide bonds. The van der Waals surface area contributed by atoms with Gasteiger partial charge in [0.15, 0.2) is 0 Å². The summed E-state index contributed by atoms with van der Waals surface area (Å²) in [7, 11) is 0. The third-order valence-electron chi connectivity index (χ3n) is 5.13. The number of hydrogen-bond donors (Lipinski definition) is 1. The van der Waals surface area contributed by atoms with Gasteiger partial charge in [-0.1, -0.05) is 15.9 Å². The van der Waals surface area contributed by atoms with E-state index in [0.717, 1.165) is 37.6 Å². The molecule has 6 nitrogen and oxygen atoms in total. The summed E-state index contributed by atoms with van der Waals surface area (Å²) in [5.74, 6) is -1.03. The SMILES string of the molecule is O=C(Nc1ccc(N2CCOCC2)cc1N1CCOCC1)c1cc(Br)ccc1F. The second-order valence-corrected chi connectivity index (χ2v) is 7.89. The van der Waals surface area contributed by atoms with Gasteiger partial charge in [0.05, 0.1) is 43.4 Å². The van der Waals surface area contributed by atoms with Crippen LogP contribution in [-0.4, -0.2) is 58.5 Å². The standard InChI is InChI=1S/C21H23BrFN3O3/c22-15-1-3-18(23)17(13-15)21(27)24-19-4-2-16(25-5-9-28-10-6-25)14-20(19)26-7-11-29-12-8-26/h1-4,13-14H,5-12H2,(H,24,27). The van der Waals surface area contributed by atoms with Crippen molar-refractivity contribution in [1.29, 1.82) is 0 Å². The first-order valence-electron chi connectivity index (χ1n) is 9.67. The molecule has 1 N–H and O–H groups in total. The van der Waals surface area contributed by atoms with E-state index in [-0.39, 0.29) is 5.56 Å². The van der Waals surface area contributed by atoms with E-state index < -0.39 is 11.7 Å². The highest BCUT2D eigenvalue weighted by Crippen LogP contribution is 2.33. The summed E-state index contributed by atoms with van der Waals surface area (Å²) >= 11 is 3.30. The molecule has 0 bridgehead atoms. The topological polar surface area (TPSA) is 54.0 Å². The Hall–Kier alpha value is -2.16. The van der Waals surface area contributed by atoms with E-state index in [1.165, 1.54) is 12.1 Å². The van der Waals surface area contributed by atoms with Crippen LogP contribution in [-0.2, 0) is 9.47 Å². The maximum absolute atomic E-state index is 14.2. The van der Waals surface area contributed by atoms with Gasteiger partial charge in [0.25, 0.3) is 5.91 Å². The highest BCUT2D eigenvalue weighted by Gasteiger charge is 2.21. The van der Waals surface area contributed by atoms with E-state index in [9.17, 15) is 9.18 Å². The van der Waals surface area contributed by atoms with Crippen LogP contribution in [0.4, 0.5) is 21.5 Å². The minimum absolute atomic E-state index is 0.00422. The third kappa shape index (κ3) is 4.71. The predicted molar refractivity (Wildman–Crippen MR) is 115 cm³/mol. The summed E-state index contributed by atoms with van der Waals surface area (Å²) in [6, 6.07) is 10.3. The molecule has 0 atom stereocenters. The Morgan fingerprint density at radius 2 is 1.59 bits per heavy atom. The molecule has 2 saturated heterocycles. The van der Waals surface area contributed by atoms with Gasteiger partial charge in [0.1, 0.15) is 5.82 Å². The molecule has 2 aliphatic heterocycles. The lowest BCUT2D eigenvalue weighted by Crippen LogP contribution is -2.38. The molecule has 0 aliphatic carbocycles. The summed E-state index contributed by atoms with van der Waals surface area (Å²) in [6.07, 6.45) is 0. The van der Waals surface area contributed by atoms with Crippen molar-refractivity contribution in [2.75, 3.05) is 67.7 Å². The molecule has 0 unspecified atom stereocenters.